The zero-order valence-electron chi connectivity index (χ0n) is 5.73. The van der Waals surface area contributed by atoms with Crippen molar-refractivity contribution in [1.29, 1.82) is 5.41 Å². The molecule has 9 heavy (non-hydrogen) atoms. The molecule has 50 valence electrons. The van der Waals surface area contributed by atoms with Crippen molar-refractivity contribution in [3.05, 3.63) is 12.3 Å². The zero-order chi connectivity index (χ0) is 7.28. The molecule has 0 radical (unpaired) electrons. The van der Waals surface area contributed by atoms with Crippen molar-refractivity contribution < 1.29 is 0 Å². The Hall–Kier alpha value is -1.12. The molecule has 0 aliphatic rings. The molecule has 0 aromatic rings. The summed E-state index contributed by atoms with van der Waals surface area (Å²) < 4.78 is 0. The lowest BCUT2D eigenvalue weighted by Crippen LogP contribution is -2.06. The standard InChI is InChI=1S/C6H11N3/c1-5(2)8-4-9-6(3)7/h4H,1H2,2-3H3,(H2,7,8,9). The molecular weight excluding hydrogens is 114 g/mol. The average Bonchev–Trinajstić information content (AvgIpc) is 1.63. The van der Waals surface area contributed by atoms with Crippen molar-refractivity contribution in [3.63, 3.8) is 0 Å². The number of nitrogens with one attached hydrogen (secondary N) is 2. The molecule has 2 N–H and O–H groups in total. The van der Waals surface area contributed by atoms with E-state index in [9.17, 15) is 0 Å². The fourth-order valence-electron chi connectivity index (χ4n) is 0.239. The van der Waals surface area contributed by atoms with E-state index in [4.69, 9.17) is 5.41 Å². The first-order valence-corrected chi connectivity index (χ1v) is 2.62. The van der Waals surface area contributed by atoms with Crippen LogP contribution in [0, 0.1) is 5.41 Å². The zero-order valence-corrected chi connectivity index (χ0v) is 5.73. The third-order valence-corrected chi connectivity index (χ3v) is 0.569. The average molecular weight is 125 g/mol. The van der Waals surface area contributed by atoms with Crippen LogP contribution >= 0.6 is 0 Å². The van der Waals surface area contributed by atoms with Crippen LogP contribution in [0.25, 0.3) is 0 Å². The van der Waals surface area contributed by atoms with E-state index < -0.39 is 0 Å². The Morgan fingerprint density at radius 1 is 1.67 bits per heavy atom. The van der Waals surface area contributed by atoms with E-state index in [1.165, 1.54) is 6.34 Å². The van der Waals surface area contributed by atoms with E-state index in [0.29, 0.717) is 0 Å². The van der Waals surface area contributed by atoms with Crippen LogP contribution in [0.1, 0.15) is 13.8 Å². The second kappa shape index (κ2) is 3.83. The molecule has 0 aliphatic carbocycles. The number of amidine groups is 1. The van der Waals surface area contributed by atoms with Gasteiger partial charge in [0.15, 0.2) is 0 Å². The molecule has 0 bridgehead atoms. The third kappa shape index (κ3) is 6.88. The molecule has 0 unspecified atom stereocenters. The predicted octanol–water partition coefficient (Wildman–Crippen LogP) is 1.14. The Labute approximate surface area is 55.0 Å². The highest BCUT2D eigenvalue weighted by Gasteiger charge is 1.76. The van der Waals surface area contributed by atoms with E-state index in [1.807, 2.05) is 6.92 Å². The summed E-state index contributed by atoms with van der Waals surface area (Å²) in [6.07, 6.45) is 1.45. The Bertz CT molecular complexity index is 146. The van der Waals surface area contributed by atoms with Crippen LogP contribution in [0.15, 0.2) is 17.3 Å². The van der Waals surface area contributed by atoms with Crippen LogP contribution in [0.5, 0.6) is 0 Å². The maximum atomic E-state index is 6.87. The van der Waals surface area contributed by atoms with Gasteiger partial charge in [-0.1, -0.05) is 6.58 Å². The number of allylic oxidation sites excluding steroid dienone is 1. The van der Waals surface area contributed by atoms with Crippen LogP contribution in [0.3, 0.4) is 0 Å². The SMILES string of the molecule is C=C(C)NC=NC(C)=N. The summed E-state index contributed by atoms with van der Waals surface area (Å²) in [6.45, 7) is 7.01. The minimum absolute atomic E-state index is 0.281. The van der Waals surface area contributed by atoms with Gasteiger partial charge in [-0.25, -0.2) is 4.99 Å². The van der Waals surface area contributed by atoms with Gasteiger partial charge >= 0.3 is 0 Å². The fourth-order valence-corrected chi connectivity index (χ4v) is 0.239. The van der Waals surface area contributed by atoms with Gasteiger partial charge in [0.05, 0.1) is 6.34 Å². The van der Waals surface area contributed by atoms with Gasteiger partial charge in [-0.05, 0) is 13.8 Å². The minimum atomic E-state index is 0.281. The van der Waals surface area contributed by atoms with E-state index in [-0.39, 0.29) is 5.84 Å². The molecule has 0 spiro atoms. The summed E-state index contributed by atoms with van der Waals surface area (Å²) in [6, 6.07) is 0. The molecule has 3 heteroatoms. The lowest BCUT2D eigenvalue weighted by molar-refractivity contribution is 1.16. The second-order valence-electron chi connectivity index (χ2n) is 1.77. The molecule has 0 aromatic carbocycles. The normalized spacial score (nSPS) is 9.56. The first-order valence-electron chi connectivity index (χ1n) is 2.62. The van der Waals surface area contributed by atoms with Crippen molar-refractivity contribution in [3.8, 4) is 0 Å². The number of nitrogens with zero attached hydrogens (tertiary/aromatic N) is 1. The fraction of sp³-hybridized carbons (Fsp3) is 0.333. The van der Waals surface area contributed by atoms with Gasteiger partial charge < -0.3 is 5.32 Å². The Balaban J connectivity index is 3.48. The van der Waals surface area contributed by atoms with Gasteiger partial charge in [-0.3, -0.25) is 5.41 Å². The van der Waals surface area contributed by atoms with Gasteiger partial charge in [0.1, 0.15) is 5.84 Å². The van der Waals surface area contributed by atoms with Gasteiger partial charge in [-0.15, -0.1) is 0 Å². The van der Waals surface area contributed by atoms with Crippen molar-refractivity contribution in [2.24, 2.45) is 4.99 Å². The first kappa shape index (κ1) is 7.88. The second-order valence-corrected chi connectivity index (χ2v) is 1.77. The summed E-state index contributed by atoms with van der Waals surface area (Å²) in [7, 11) is 0. The van der Waals surface area contributed by atoms with E-state index in [1.54, 1.807) is 6.92 Å². The summed E-state index contributed by atoms with van der Waals surface area (Å²) in [5.74, 6) is 0.281. The predicted molar refractivity (Wildman–Crippen MR) is 39.8 cm³/mol. The highest BCUT2D eigenvalue weighted by atomic mass is 15.0. The molecule has 0 atom stereocenters. The maximum absolute atomic E-state index is 6.87. The van der Waals surface area contributed by atoms with Crippen molar-refractivity contribution >= 4 is 12.2 Å². The van der Waals surface area contributed by atoms with Gasteiger partial charge in [-0.2, -0.15) is 0 Å². The molecule has 0 rings (SSSR count). The first-order chi connectivity index (χ1) is 4.13. The molecule has 3 nitrogen and oxygen atoms in total. The van der Waals surface area contributed by atoms with E-state index in [2.05, 4.69) is 16.9 Å². The van der Waals surface area contributed by atoms with Crippen LogP contribution in [0.2, 0.25) is 0 Å². The van der Waals surface area contributed by atoms with Crippen LogP contribution in [-0.2, 0) is 0 Å². The molecule has 0 saturated carbocycles. The molecule has 0 heterocycles. The number of rotatable bonds is 2. The summed E-state index contributed by atoms with van der Waals surface area (Å²) >= 11 is 0. The molecule has 0 amide bonds. The Morgan fingerprint density at radius 2 is 2.22 bits per heavy atom. The summed E-state index contributed by atoms with van der Waals surface area (Å²) in [5, 5.41) is 9.62. The van der Waals surface area contributed by atoms with Crippen molar-refractivity contribution in [2.45, 2.75) is 13.8 Å². The largest absolute Gasteiger partial charge is 0.351 e. The highest BCUT2D eigenvalue weighted by Crippen LogP contribution is 1.73. The third-order valence-electron chi connectivity index (χ3n) is 0.569. The molecule has 0 aromatic heterocycles. The Kier molecular flexibility index (Phi) is 3.35. The van der Waals surface area contributed by atoms with E-state index in [0.717, 1.165) is 5.70 Å². The number of aliphatic imine (C=N–C) groups is 1. The molecule has 0 fully saturated rings. The summed E-state index contributed by atoms with van der Waals surface area (Å²) in [4.78, 5) is 3.65. The Morgan fingerprint density at radius 3 is 2.56 bits per heavy atom. The van der Waals surface area contributed by atoms with E-state index >= 15 is 0 Å². The van der Waals surface area contributed by atoms with Crippen LogP contribution in [-0.4, -0.2) is 12.2 Å². The summed E-state index contributed by atoms with van der Waals surface area (Å²) in [5.41, 5.74) is 0.819. The van der Waals surface area contributed by atoms with Crippen LogP contribution < -0.4 is 5.32 Å². The number of hydrogen-bond donors (Lipinski definition) is 2. The van der Waals surface area contributed by atoms with Crippen molar-refractivity contribution in [1.82, 2.24) is 5.32 Å². The molecule has 0 aliphatic heterocycles. The van der Waals surface area contributed by atoms with Crippen molar-refractivity contribution in [2.75, 3.05) is 0 Å². The maximum Gasteiger partial charge on any atom is 0.119 e. The molecular formula is C6H11N3. The smallest absolute Gasteiger partial charge is 0.119 e. The lowest BCUT2D eigenvalue weighted by Gasteiger charge is -1.92. The topological polar surface area (TPSA) is 48.2 Å². The lowest BCUT2D eigenvalue weighted by atomic mass is 10.6. The quantitative estimate of drug-likeness (QED) is 0.422. The minimum Gasteiger partial charge on any atom is -0.351 e. The molecule has 0 saturated heterocycles. The van der Waals surface area contributed by atoms with Gasteiger partial charge in [0, 0.05) is 5.70 Å². The number of hydrogen-bond acceptors (Lipinski definition) is 1. The van der Waals surface area contributed by atoms with Gasteiger partial charge in [0.25, 0.3) is 0 Å². The highest BCUT2D eigenvalue weighted by molar-refractivity contribution is 5.84. The van der Waals surface area contributed by atoms with Crippen LogP contribution in [0.4, 0.5) is 0 Å². The monoisotopic (exact) mass is 125 g/mol. The van der Waals surface area contributed by atoms with Gasteiger partial charge in [0.2, 0.25) is 0 Å².